The first-order valence-electron chi connectivity index (χ1n) is 8.01. The molecule has 2 aromatic rings. The normalized spacial score (nSPS) is 15.7. The van der Waals surface area contributed by atoms with Crippen molar-refractivity contribution in [2.45, 2.75) is 37.8 Å². The molecule has 1 aromatic carbocycles. The van der Waals surface area contributed by atoms with Crippen LogP contribution in [0.15, 0.2) is 40.8 Å². The maximum absolute atomic E-state index is 12.8. The molecule has 1 aliphatic rings. The first-order valence-corrected chi connectivity index (χ1v) is 8.01. The molecule has 0 aliphatic heterocycles. The summed E-state index contributed by atoms with van der Waals surface area (Å²) in [4.78, 5) is 23.8. The summed E-state index contributed by atoms with van der Waals surface area (Å²) >= 11 is 0. The Bertz CT molecular complexity index is 762. The Morgan fingerprint density at radius 1 is 1.16 bits per heavy atom. The van der Waals surface area contributed by atoms with Gasteiger partial charge in [-0.15, -0.1) is 0 Å². The molecule has 25 heavy (non-hydrogen) atoms. The van der Waals surface area contributed by atoms with Crippen LogP contribution in [-0.4, -0.2) is 22.5 Å². The Morgan fingerprint density at radius 2 is 1.84 bits per heavy atom. The fourth-order valence-electron chi connectivity index (χ4n) is 2.91. The van der Waals surface area contributed by atoms with E-state index in [9.17, 15) is 19.1 Å². The zero-order chi connectivity index (χ0) is 17.9. The van der Waals surface area contributed by atoms with Crippen LogP contribution in [0.25, 0.3) is 0 Å². The Hall–Kier alpha value is -2.83. The molecule has 1 amide bonds. The van der Waals surface area contributed by atoms with Crippen LogP contribution in [0.2, 0.25) is 0 Å². The Balaban J connectivity index is 1.61. The monoisotopic (exact) mass is 347 g/mol. The van der Waals surface area contributed by atoms with Gasteiger partial charge in [-0.1, -0.05) is 12.8 Å². The summed E-state index contributed by atoms with van der Waals surface area (Å²) in [5.41, 5.74) is -1.21. The molecule has 1 saturated carbocycles. The highest BCUT2D eigenvalue weighted by molar-refractivity contribution is 5.96. The minimum atomic E-state index is -1.21. The molecule has 0 radical (unpaired) electrons. The molecule has 3 rings (SSSR count). The molecular weight excluding hydrogens is 329 g/mol. The van der Waals surface area contributed by atoms with Crippen molar-refractivity contribution in [2.24, 2.45) is 0 Å². The number of carboxylic acid groups (broad SMARTS) is 1. The molecule has 0 unspecified atom stereocenters. The molecule has 1 aromatic heterocycles. The third-order valence-electron chi connectivity index (χ3n) is 4.30. The van der Waals surface area contributed by atoms with E-state index in [1.54, 1.807) is 6.07 Å². The van der Waals surface area contributed by atoms with Gasteiger partial charge in [0.2, 0.25) is 0 Å². The molecule has 1 heterocycles. The molecule has 0 bridgehead atoms. The number of rotatable bonds is 6. The van der Waals surface area contributed by atoms with Gasteiger partial charge >= 0.3 is 5.97 Å². The van der Waals surface area contributed by atoms with E-state index >= 15 is 0 Å². The second-order valence-corrected chi connectivity index (χ2v) is 6.06. The summed E-state index contributed by atoms with van der Waals surface area (Å²) in [6, 6.07) is 8.60. The lowest BCUT2D eigenvalue weighted by molar-refractivity contribution is -0.144. The van der Waals surface area contributed by atoms with Crippen molar-refractivity contribution in [2.75, 3.05) is 0 Å². The molecule has 7 heteroatoms. The predicted octanol–water partition coefficient (Wildman–Crippen LogP) is 3.12. The van der Waals surface area contributed by atoms with E-state index in [1.807, 2.05) is 0 Å². The molecule has 1 fully saturated rings. The number of amides is 1. The lowest BCUT2D eigenvalue weighted by Gasteiger charge is -2.24. The molecule has 0 spiro atoms. The average Bonchev–Trinajstić information content (AvgIpc) is 3.24. The number of furan rings is 1. The fourth-order valence-corrected chi connectivity index (χ4v) is 2.91. The summed E-state index contributed by atoms with van der Waals surface area (Å²) in [5, 5.41) is 12.0. The van der Waals surface area contributed by atoms with Crippen LogP contribution in [0, 0.1) is 5.82 Å². The van der Waals surface area contributed by atoms with Gasteiger partial charge in [0.15, 0.2) is 5.76 Å². The summed E-state index contributed by atoms with van der Waals surface area (Å²) < 4.78 is 23.7. The van der Waals surface area contributed by atoms with Crippen LogP contribution in [0.5, 0.6) is 5.75 Å². The van der Waals surface area contributed by atoms with Crippen LogP contribution in [0.1, 0.15) is 42.0 Å². The van der Waals surface area contributed by atoms with E-state index in [2.05, 4.69) is 5.32 Å². The number of carbonyl (C=O) groups is 2. The van der Waals surface area contributed by atoms with Crippen LogP contribution < -0.4 is 10.1 Å². The second-order valence-electron chi connectivity index (χ2n) is 6.06. The van der Waals surface area contributed by atoms with Crippen molar-refractivity contribution >= 4 is 11.9 Å². The number of carbonyl (C=O) groups excluding carboxylic acids is 1. The predicted molar refractivity (Wildman–Crippen MR) is 85.7 cm³/mol. The number of hydrogen-bond donors (Lipinski definition) is 2. The van der Waals surface area contributed by atoms with Crippen LogP contribution >= 0.6 is 0 Å². The topological polar surface area (TPSA) is 88.8 Å². The Kier molecular flexibility index (Phi) is 4.74. The highest BCUT2D eigenvalue weighted by atomic mass is 19.1. The zero-order valence-electron chi connectivity index (χ0n) is 13.5. The second kappa shape index (κ2) is 6.96. The molecule has 0 saturated heterocycles. The fraction of sp³-hybridized carbons (Fsp3) is 0.333. The summed E-state index contributed by atoms with van der Waals surface area (Å²) in [6.45, 7) is 0.0724. The number of halogens is 1. The van der Waals surface area contributed by atoms with E-state index in [4.69, 9.17) is 9.15 Å². The van der Waals surface area contributed by atoms with Crippen LogP contribution in [0.3, 0.4) is 0 Å². The van der Waals surface area contributed by atoms with Crippen molar-refractivity contribution < 1.29 is 28.2 Å². The van der Waals surface area contributed by atoms with Crippen molar-refractivity contribution in [1.29, 1.82) is 0 Å². The van der Waals surface area contributed by atoms with Gasteiger partial charge in [-0.05, 0) is 49.2 Å². The van der Waals surface area contributed by atoms with Gasteiger partial charge in [0.1, 0.15) is 29.5 Å². The van der Waals surface area contributed by atoms with Gasteiger partial charge in [0.25, 0.3) is 5.91 Å². The van der Waals surface area contributed by atoms with E-state index in [0.717, 1.165) is 12.8 Å². The number of benzene rings is 1. The van der Waals surface area contributed by atoms with Gasteiger partial charge in [-0.2, -0.15) is 0 Å². The summed E-state index contributed by atoms with van der Waals surface area (Å²) in [5.74, 6) is -1.03. The highest BCUT2D eigenvalue weighted by Gasteiger charge is 2.43. The Labute approximate surface area is 143 Å². The zero-order valence-corrected chi connectivity index (χ0v) is 13.5. The summed E-state index contributed by atoms with van der Waals surface area (Å²) in [6.07, 6.45) is 2.35. The average molecular weight is 347 g/mol. The Morgan fingerprint density at radius 3 is 2.48 bits per heavy atom. The van der Waals surface area contributed by atoms with Gasteiger partial charge in [-0.3, -0.25) is 4.79 Å². The number of ether oxygens (including phenoxy) is 1. The molecule has 6 nitrogen and oxygen atoms in total. The lowest BCUT2D eigenvalue weighted by atomic mass is 9.98. The largest absolute Gasteiger partial charge is 0.486 e. The first-order chi connectivity index (χ1) is 12.0. The van der Waals surface area contributed by atoms with Crippen LogP contribution in [0.4, 0.5) is 4.39 Å². The molecular formula is C18H18FNO5. The SMILES string of the molecule is O=C(NC1(C(=O)O)CCCC1)c1ccc(COc2ccc(F)cc2)o1. The van der Waals surface area contributed by atoms with Crippen LogP contribution in [-0.2, 0) is 11.4 Å². The molecule has 1 aliphatic carbocycles. The van der Waals surface area contributed by atoms with Crippen molar-refractivity contribution in [1.82, 2.24) is 5.32 Å². The van der Waals surface area contributed by atoms with Gasteiger partial charge < -0.3 is 19.6 Å². The number of hydrogen-bond acceptors (Lipinski definition) is 4. The quantitative estimate of drug-likeness (QED) is 0.838. The lowest BCUT2D eigenvalue weighted by Crippen LogP contribution is -2.52. The maximum atomic E-state index is 12.8. The number of carboxylic acids is 1. The molecule has 2 N–H and O–H groups in total. The van der Waals surface area contributed by atoms with E-state index in [1.165, 1.54) is 30.3 Å². The molecule has 132 valence electrons. The summed E-state index contributed by atoms with van der Waals surface area (Å²) in [7, 11) is 0. The van der Waals surface area contributed by atoms with Crippen molar-refractivity contribution in [3.63, 3.8) is 0 Å². The third kappa shape index (κ3) is 3.81. The van der Waals surface area contributed by atoms with Gasteiger partial charge in [0, 0.05) is 0 Å². The van der Waals surface area contributed by atoms with Gasteiger partial charge in [0.05, 0.1) is 0 Å². The molecule has 0 atom stereocenters. The van der Waals surface area contributed by atoms with E-state index in [-0.39, 0.29) is 18.2 Å². The first kappa shape index (κ1) is 17.0. The van der Waals surface area contributed by atoms with Crippen molar-refractivity contribution in [3.05, 3.63) is 53.7 Å². The van der Waals surface area contributed by atoms with E-state index in [0.29, 0.717) is 24.4 Å². The van der Waals surface area contributed by atoms with Gasteiger partial charge in [-0.25, -0.2) is 9.18 Å². The van der Waals surface area contributed by atoms with Crippen molar-refractivity contribution in [3.8, 4) is 5.75 Å². The maximum Gasteiger partial charge on any atom is 0.329 e. The smallest absolute Gasteiger partial charge is 0.329 e. The number of nitrogens with one attached hydrogen (secondary N) is 1. The van der Waals surface area contributed by atoms with E-state index < -0.39 is 17.4 Å². The minimum Gasteiger partial charge on any atom is -0.486 e. The third-order valence-corrected chi connectivity index (χ3v) is 4.30. The standard InChI is InChI=1S/C18H18FNO5/c19-12-3-5-13(6-4-12)24-11-14-7-8-15(25-14)16(21)20-18(17(22)23)9-1-2-10-18/h3-8H,1-2,9-11H2,(H,20,21)(H,22,23). The number of aliphatic carboxylic acids is 1. The highest BCUT2D eigenvalue weighted by Crippen LogP contribution is 2.30. The minimum absolute atomic E-state index is 0.0326.